The van der Waals surface area contributed by atoms with E-state index in [9.17, 15) is 14.0 Å². The molecule has 2 amide bonds. The van der Waals surface area contributed by atoms with Crippen molar-refractivity contribution in [2.75, 3.05) is 6.61 Å². The number of hydrazine groups is 1. The summed E-state index contributed by atoms with van der Waals surface area (Å²) in [5.41, 5.74) is 6.17. The van der Waals surface area contributed by atoms with Gasteiger partial charge in [-0.25, -0.2) is 4.39 Å². The number of carbonyl (C=O) groups excluding carboxylic acids is 2. The smallest absolute Gasteiger partial charge is 0.276 e. The van der Waals surface area contributed by atoms with Gasteiger partial charge in [0.05, 0.1) is 5.69 Å². The minimum atomic E-state index is -0.531. The first kappa shape index (κ1) is 16.5. The Morgan fingerprint density at radius 1 is 1.17 bits per heavy atom. The highest BCUT2D eigenvalue weighted by molar-refractivity contribution is 5.82. The van der Waals surface area contributed by atoms with Crippen molar-refractivity contribution in [1.29, 1.82) is 0 Å². The highest BCUT2D eigenvalue weighted by Crippen LogP contribution is 2.10. The summed E-state index contributed by atoms with van der Waals surface area (Å²) in [5.74, 6) is -0.976. The average molecular weight is 320 g/mol. The number of ether oxygens (including phenoxy) is 1. The molecule has 0 spiro atoms. The van der Waals surface area contributed by atoms with Crippen LogP contribution in [-0.4, -0.2) is 28.2 Å². The van der Waals surface area contributed by atoms with Gasteiger partial charge >= 0.3 is 0 Å². The van der Waals surface area contributed by atoms with Crippen molar-refractivity contribution in [3.8, 4) is 5.75 Å². The number of hydrogen-bond acceptors (Lipinski definition) is 4. The quantitative estimate of drug-likeness (QED) is 0.801. The van der Waals surface area contributed by atoms with Crippen molar-refractivity contribution in [1.82, 2.24) is 20.6 Å². The standard InChI is InChI=1S/C15H17FN4O3/c1-10-7-11(2)20(19-10)8-14(21)17-18-15(22)9-23-13-5-3-12(16)4-6-13/h3-7H,8-9H2,1-2H3,(H,17,21)(H,18,22). The minimum Gasteiger partial charge on any atom is -0.484 e. The van der Waals surface area contributed by atoms with Crippen LogP contribution in [0, 0.1) is 19.7 Å². The van der Waals surface area contributed by atoms with Crippen LogP contribution in [0.4, 0.5) is 4.39 Å². The Balaban J connectivity index is 1.72. The molecule has 0 radical (unpaired) electrons. The molecular formula is C15H17FN4O3. The number of benzene rings is 1. The van der Waals surface area contributed by atoms with Crippen LogP contribution >= 0.6 is 0 Å². The van der Waals surface area contributed by atoms with Crippen LogP contribution in [0.5, 0.6) is 5.75 Å². The summed E-state index contributed by atoms with van der Waals surface area (Å²) >= 11 is 0. The second-order valence-electron chi connectivity index (χ2n) is 4.92. The van der Waals surface area contributed by atoms with Gasteiger partial charge in [-0.2, -0.15) is 5.10 Å². The first-order chi connectivity index (χ1) is 10.9. The van der Waals surface area contributed by atoms with E-state index in [2.05, 4.69) is 16.0 Å². The number of carbonyl (C=O) groups is 2. The average Bonchev–Trinajstić information content (AvgIpc) is 2.82. The number of halogens is 1. The predicted octanol–water partition coefficient (Wildman–Crippen LogP) is 0.865. The molecule has 0 aliphatic heterocycles. The lowest BCUT2D eigenvalue weighted by Gasteiger charge is -2.09. The number of aromatic nitrogens is 2. The third-order valence-electron chi connectivity index (χ3n) is 2.92. The highest BCUT2D eigenvalue weighted by Gasteiger charge is 2.09. The first-order valence-electron chi connectivity index (χ1n) is 6.91. The Bertz CT molecular complexity index is 697. The molecule has 2 aromatic rings. The topological polar surface area (TPSA) is 85.2 Å². The maximum absolute atomic E-state index is 12.7. The minimum absolute atomic E-state index is 0.00122. The lowest BCUT2D eigenvalue weighted by atomic mass is 10.3. The van der Waals surface area contributed by atoms with Gasteiger partial charge in [0.15, 0.2) is 6.61 Å². The Morgan fingerprint density at radius 2 is 1.83 bits per heavy atom. The van der Waals surface area contributed by atoms with Crippen LogP contribution in [0.3, 0.4) is 0 Å². The molecule has 1 heterocycles. The fraction of sp³-hybridized carbons (Fsp3) is 0.267. The molecule has 0 fully saturated rings. The Labute approximate surface area is 132 Å². The molecule has 0 saturated carbocycles. The van der Waals surface area contributed by atoms with E-state index in [1.165, 1.54) is 28.9 Å². The molecule has 0 bridgehead atoms. The van der Waals surface area contributed by atoms with Crippen LogP contribution in [0.25, 0.3) is 0 Å². The van der Waals surface area contributed by atoms with Gasteiger partial charge in [0.2, 0.25) is 0 Å². The predicted molar refractivity (Wildman–Crippen MR) is 79.9 cm³/mol. The van der Waals surface area contributed by atoms with Gasteiger partial charge in [-0.15, -0.1) is 0 Å². The van der Waals surface area contributed by atoms with Crippen molar-refractivity contribution in [2.24, 2.45) is 0 Å². The second-order valence-corrected chi connectivity index (χ2v) is 4.92. The van der Waals surface area contributed by atoms with E-state index in [0.717, 1.165) is 11.4 Å². The lowest BCUT2D eigenvalue weighted by molar-refractivity contribution is -0.130. The van der Waals surface area contributed by atoms with Gasteiger partial charge in [-0.05, 0) is 44.2 Å². The molecule has 0 aliphatic carbocycles. The Hall–Kier alpha value is -2.90. The van der Waals surface area contributed by atoms with Crippen LogP contribution < -0.4 is 15.6 Å². The number of nitrogens with one attached hydrogen (secondary N) is 2. The zero-order valence-electron chi connectivity index (χ0n) is 12.8. The van der Waals surface area contributed by atoms with E-state index in [-0.39, 0.29) is 13.2 Å². The summed E-state index contributed by atoms with van der Waals surface area (Å²) in [6.07, 6.45) is 0. The lowest BCUT2D eigenvalue weighted by Crippen LogP contribution is -2.45. The fourth-order valence-corrected chi connectivity index (χ4v) is 1.87. The van der Waals surface area contributed by atoms with Crippen LogP contribution in [0.2, 0.25) is 0 Å². The SMILES string of the molecule is Cc1cc(C)n(CC(=O)NNC(=O)COc2ccc(F)cc2)n1. The third kappa shape index (κ3) is 5.10. The molecule has 0 saturated heterocycles. The summed E-state index contributed by atoms with van der Waals surface area (Å²) in [5, 5.41) is 4.15. The number of hydrogen-bond donors (Lipinski definition) is 2. The fourth-order valence-electron chi connectivity index (χ4n) is 1.87. The van der Waals surface area contributed by atoms with Gasteiger partial charge in [-0.1, -0.05) is 0 Å². The Kier molecular flexibility index (Phi) is 5.29. The molecule has 0 atom stereocenters. The van der Waals surface area contributed by atoms with Crippen LogP contribution in [-0.2, 0) is 16.1 Å². The molecule has 0 aliphatic rings. The van der Waals surface area contributed by atoms with Crippen molar-refractivity contribution in [3.05, 3.63) is 47.5 Å². The number of nitrogens with zero attached hydrogens (tertiary/aromatic N) is 2. The van der Waals surface area contributed by atoms with Crippen molar-refractivity contribution >= 4 is 11.8 Å². The monoisotopic (exact) mass is 320 g/mol. The van der Waals surface area contributed by atoms with Gasteiger partial charge in [0.1, 0.15) is 18.1 Å². The van der Waals surface area contributed by atoms with E-state index in [1.54, 1.807) is 0 Å². The third-order valence-corrected chi connectivity index (χ3v) is 2.92. The van der Waals surface area contributed by atoms with E-state index < -0.39 is 17.6 Å². The van der Waals surface area contributed by atoms with Crippen molar-refractivity contribution < 1.29 is 18.7 Å². The highest BCUT2D eigenvalue weighted by atomic mass is 19.1. The van der Waals surface area contributed by atoms with Gasteiger partial charge in [-0.3, -0.25) is 25.1 Å². The molecule has 0 unspecified atom stereocenters. The largest absolute Gasteiger partial charge is 0.484 e. The van der Waals surface area contributed by atoms with Gasteiger partial charge in [0.25, 0.3) is 11.8 Å². The number of amides is 2. The maximum Gasteiger partial charge on any atom is 0.276 e. The molecule has 1 aromatic heterocycles. The summed E-state index contributed by atoms with van der Waals surface area (Å²) < 4.78 is 19.4. The van der Waals surface area contributed by atoms with Gasteiger partial charge < -0.3 is 4.74 Å². The summed E-state index contributed by atoms with van der Waals surface area (Å²) in [4.78, 5) is 23.3. The molecule has 23 heavy (non-hydrogen) atoms. The molecular weight excluding hydrogens is 303 g/mol. The summed E-state index contributed by atoms with van der Waals surface area (Å²) in [6.45, 7) is 3.36. The summed E-state index contributed by atoms with van der Waals surface area (Å²) in [6, 6.07) is 7.11. The maximum atomic E-state index is 12.7. The zero-order chi connectivity index (χ0) is 16.8. The summed E-state index contributed by atoms with van der Waals surface area (Å²) in [7, 11) is 0. The van der Waals surface area contributed by atoms with Crippen molar-refractivity contribution in [2.45, 2.75) is 20.4 Å². The first-order valence-corrected chi connectivity index (χ1v) is 6.91. The van der Waals surface area contributed by atoms with Crippen LogP contribution in [0.15, 0.2) is 30.3 Å². The number of rotatable bonds is 5. The molecule has 2 rings (SSSR count). The molecule has 8 heteroatoms. The van der Waals surface area contributed by atoms with Crippen molar-refractivity contribution in [3.63, 3.8) is 0 Å². The van der Waals surface area contributed by atoms with Gasteiger partial charge in [0, 0.05) is 5.69 Å². The van der Waals surface area contributed by atoms with E-state index in [0.29, 0.717) is 5.75 Å². The van der Waals surface area contributed by atoms with E-state index >= 15 is 0 Å². The van der Waals surface area contributed by atoms with Crippen LogP contribution in [0.1, 0.15) is 11.4 Å². The Morgan fingerprint density at radius 3 is 2.43 bits per heavy atom. The second kappa shape index (κ2) is 7.39. The normalized spacial score (nSPS) is 10.2. The molecule has 2 N–H and O–H groups in total. The van der Waals surface area contributed by atoms with E-state index in [1.807, 2.05) is 19.9 Å². The molecule has 122 valence electrons. The molecule has 1 aromatic carbocycles. The number of aryl methyl sites for hydroxylation is 2. The zero-order valence-corrected chi connectivity index (χ0v) is 12.8. The van der Waals surface area contributed by atoms with E-state index in [4.69, 9.17) is 4.74 Å². The molecule has 7 nitrogen and oxygen atoms in total.